The Hall–Kier alpha value is -0.480. The summed E-state index contributed by atoms with van der Waals surface area (Å²) < 4.78 is 0. The molecule has 0 aromatic carbocycles. The van der Waals surface area contributed by atoms with Gasteiger partial charge in [0.15, 0.2) is 0 Å². The maximum absolute atomic E-state index is 4.22. The van der Waals surface area contributed by atoms with E-state index >= 15 is 0 Å². The Balaban J connectivity index is 1.72. The highest BCUT2D eigenvalue weighted by Crippen LogP contribution is 2.41. The average Bonchev–Trinajstić information content (AvgIpc) is 2.94. The number of hydrogen-bond acceptors (Lipinski definition) is 4. The normalized spacial score (nSPS) is 16.1. The van der Waals surface area contributed by atoms with Gasteiger partial charge in [-0.3, -0.25) is 0 Å². The Bertz CT molecular complexity index is 281. The molecule has 0 atom stereocenters. The standard InChI is InChI=1S/C10H17N3S/c1-2-6-11-7-5-9-12-13-10(14-9)8-3-4-8/h8,11H,2-7H2,1H3. The smallest absolute Gasteiger partial charge is 0.120 e. The van der Waals surface area contributed by atoms with Gasteiger partial charge in [0.2, 0.25) is 0 Å². The van der Waals surface area contributed by atoms with Crippen molar-refractivity contribution in [2.75, 3.05) is 13.1 Å². The minimum Gasteiger partial charge on any atom is -0.316 e. The van der Waals surface area contributed by atoms with Crippen molar-refractivity contribution in [1.29, 1.82) is 0 Å². The third kappa shape index (κ3) is 2.75. The van der Waals surface area contributed by atoms with E-state index in [4.69, 9.17) is 0 Å². The van der Waals surface area contributed by atoms with Gasteiger partial charge in [0.05, 0.1) is 0 Å². The molecule has 1 aliphatic rings. The predicted molar refractivity (Wildman–Crippen MR) is 58.7 cm³/mol. The zero-order chi connectivity index (χ0) is 9.80. The Morgan fingerprint density at radius 1 is 1.36 bits per heavy atom. The lowest BCUT2D eigenvalue weighted by Crippen LogP contribution is -2.17. The first-order valence-electron chi connectivity index (χ1n) is 5.43. The molecule has 0 radical (unpaired) electrons. The van der Waals surface area contributed by atoms with Gasteiger partial charge in [-0.15, -0.1) is 21.5 Å². The van der Waals surface area contributed by atoms with E-state index in [9.17, 15) is 0 Å². The monoisotopic (exact) mass is 211 g/mol. The van der Waals surface area contributed by atoms with Crippen molar-refractivity contribution in [1.82, 2.24) is 15.5 Å². The molecule has 0 amide bonds. The van der Waals surface area contributed by atoms with Crippen LogP contribution >= 0.6 is 11.3 Å². The molecule has 0 bridgehead atoms. The SMILES string of the molecule is CCCNCCc1nnc(C2CC2)s1. The van der Waals surface area contributed by atoms with Crippen LogP contribution in [0.3, 0.4) is 0 Å². The molecule has 1 aliphatic carbocycles. The topological polar surface area (TPSA) is 37.8 Å². The van der Waals surface area contributed by atoms with E-state index < -0.39 is 0 Å². The fraction of sp³-hybridized carbons (Fsp3) is 0.800. The maximum atomic E-state index is 4.22. The summed E-state index contributed by atoms with van der Waals surface area (Å²) in [6, 6.07) is 0. The van der Waals surface area contributed by atoms with Gasteiger partial charge in [0.1, 0.15) is 10.0 Å². The molecular weight excluding hydrogens is 194 g/mol. The van der Waals surface area contributed by atoms with Gasteiger partial charge in [-0.25, -0.2) is 0 Å². The minimum absolute atomic E-state index is 0.754. The van der Waals surface area contributed by atoms with Crippen molar-refractivity contribution in [3.8, 4) is 0 Å². The highest BCUT2D eigenvalue weighted by Gasteiger charge is 2.27. The summed E-state index contributed by atoms with van der Waals surface area (Å²) >= 11 is 1.80. The second-order valence-electron chi connectivity index (χ2n) is 3.81. The molecular formula is C10H17N3S. The number of hydrogen-bond donors (Lipinski definition) is 1. The van der Waals surface area contributed by atoms with Gasteiger partial charge in [-0.1, -0.05) is 6.92 Å². The van der Waals surface area contributed by atoms with Crippen LogP contribution in [0.4, 0.5) is 0 Å². The molecule has 4 heteroatoms. The molecule has 1 heterocycles. The first-order valence-corrected chi connectivity index (χ1v) is 6.24. The van der Waals surface area contributed by atoms with Crippen molar-refractivity contribution in [3.63, 3.8) is 0 Å². The van der Waals surface area contributed by atoms with Crippen LogP contribution in [0.5, 0.6) is 0 Å². The lowest BCUT2D eigenvalue weighted by molar-refractivity contribution is 0.667. The van der Waals surface area contributed by atoms with E-state index in [0.717, 1.165) is 25.4 Å². The van der Waals surface area contributed by atoms with E-state index in [1.807, 2.05) is 0 Å². The quantitative estimate of drug-likeness (QED) is 0.731. The van der Waals surface area contributed by atoms with Gasteiger partial charge < -0.3 is 5.32 Å². The van der Waals surface area contributed by atoms with Gasteiger partial charge in [0.25, 0.3) is 0 Å². The van der Waals surface area contributed by atoms with Crippen LogP contribution < -0.4 is 5.32 Å². The van der Waals surface area contributed by atoms with Crippen LogP contribution in [-0.2, 0) is 6.42 Å². The van der Waals surface area contributed by atoms with Gasteiger partial charge in [0, 0.05) is 18.9 Å². The summed E-state index contributed by atoms with van der Waals surface area (Å²) in [5.74, 6) is 0.754. The zero-order valence-electron chi connectivity index (χ0n) is 8.62. The van der Waals surface area contributed by atoms with Crippen molar-refractivity contribution >= 4 is 11.3 Å². The van der Waals surface area contributed by atoms with Crippen molar-refractivity contribution < 1.29 is 0 Å². The average molecular weight is 211 g/mol. The number of rotatable bonds is 6. The van der Waals surface area contributed by atoms with Crippen LogP contribution in [0, 0.1) is 0 Å². The van der Waals surface area contributed by atoms with E-state index in [2.05, 4.69) is 22.4 Å². The second kappa shape index (κ2) is 4.84. The fourth-order valence-corrected chi connectivity index (χ4v) is 2.37. The molecule has 14 heavy (non-hydrogen) atoms. The molecule has 1 saturated carbocycles. The summed E-state index contributed by atoms with van der Waals surface area (Å²) in [5.41, 5.74) is 0. The van der Waals surface area contributed by atoms with E-state index in [1.165, 1.54) is 29.3 Å². The number of nitrogens with one attached hydrogen (secondary N) is 1. The predicted octanol–water partition coefficient (Wildman–Crippen LogP) is 1.96. The summed E-state index contributed by atoms with van der Waals surface area (Å²) in [5, 5.41) is 14.2. The first-order chi connectivity index (χ1) is 6.90. The molecule has 2 rings (SSSR count). The van der Waals surface area contributed by atoms with Crippen LogP contribution in [0.2, 0.25) is 0 Å². The Morgan fingerprint density at radius 2 is 2.21 bits per heavy atom. The van der Waals surface area contributed by atoms with Gasteiger partial charge in [-0.2, -0.15) is 0 Å². The maximum Gasteiger partial charge on any atom is 0.120 e. The molecule has 1 N–H and O–H groups in total. The molecule has 0 saturated heterocycles. The lowest BCUT2D eigenvalue weighted by Gasteiger charge is -1.98. The molecule has 0 spiro atoms. The molecule has 3 nitrogen and oxygen atoms in total. The van der Waals surface area contributed by atoms with E-state index in [1.54, 1.807) is 11.3 Å². The van der Waals surface area contributed by atoms with Gasteiger partial charge in [-0.05, 0) is 25.8 Å². The largest absolute Gasteiger partial charge is 0.316 e. The van der Waals surface area contributed by atoms with Crippen LogP contribution in [0.1, 0.15) is 42.1 Å². The molecule has 78 valence electrons. The molecule has 1 fully saturated rings. The Kier molecular flexibility index (Phi) is 3.48. The van der Waals surface area contributed by atoms with Crippen molar-refractivity contribution in [3.05, 3.63) is 10.0 Å². The molecule has 1 aromatic heterocycles. The molecule has 0 unspecified atom stereocenters. The highest BCUT2D eigenvalue weighted by atomic mass is 32.1. The number of aromatic nitrogens is 2. The van der Waals surface area contributed by atoms with Gasteiger partial charge >= 0.3 is 0 Å². The molecule has 0 aliphatic heterocycles. The summed E-state index contributed by atoms with van der Waals surface area (Å²) in [4.78, 5) is 0. The van der Waals surface area contributed by atoms with Crippen LogP contribution in [0.25, 0.3) is 0 Å². The van der Waals surface area contributed by atoms with E-state index in [-0.39, 0.29) is 0 Å². The summed E-state index contributed by atoms with van der Waals surface area (Å²) in [7, 11) is 0. The summed E-state index contributed by atoms with van der Waals surface area (Å²) in [6.07, 6.45) is 4.87. The molecule has 1 aromatic rings. The second-order valence-corrected chi connectivity index (χ2v) is 4.90. The highest BCUT2D eigenvalue weighted by molar-refractivity contribution is 7.11. The zero-order valence-corrected chi connectivity index (χ0v) is 9.44. The number of nitrogens with zero attached hydrogens (tertiary/aromatic N) is 2. The Morgan fingerprint density at radius 3 is 2.93 bits per heavy atom. The first kappa shape index (κ1) is 10.1. The van der Waals surface area contributed by atoms with Crippen molar-refractivity contribution in [2.45, 2.75) is 38.5 Å². The van der Waals surface area contributed by atoms with Crippen LogP contribution in [-0.4, -0.2) is 23.3 Å². The van der Waals surface area contributed by atoms with Crippen molar-refractivity contribution in [2.24, 2.45) is 0 Å². The van der Waals surface area contributed by atoms with E-state index in [0.29, 0.717) is 0 Å². The van der Waals surface area contributed by atoms with Crippen LogP contribution in [0.15, 0.2) is 0 Å². The Labute approximate surface area is 88.9 Å². The minimum atomic E-state index is 0.754. The third-order valence-electron chi connectivity index (χ3n) is 2.35. The lowest BCUT2D eigenvalue weighted by atomic mass is 10.4. The fourth-order valence-electron chi connectivity index (χ4n) is 1.36. The summed E-state index contributed by atoms with van der Waals surface area (Å²) in [6.45, 7) is 4.32. The third-order valence-corrected chi connectivity index (χ3v) is 3.50.